The largest absolute Gasteiger partial charge is 0.351 e. The van der Waals surface area contributed by atoms with Crippen molar-refractivity contribution in [2.24, 2.45) is 13.0 Å². The van der Waals surface area contributed by atoms with Crippen LogP contribution in [0.2, 0.25) is 0 Å². The molecule has 20 heavy (non-hydrogen) atoms. The molecule has 2 amide bonds. The first-order valence-electron chi connectivity index (χ1n) is 7.25. The molecule has 2 N–H and O–H groups in total. The summed E-state index contributed by atoms with van der Waals surface area (Å²) in [6, 6.07) is 1.62. The zero-order valence-electron chi connectivity index (χ0n) is 12.1. The van der Waals surface area contributed by atoms with Crippen LogP contribution in [-0.4, -0.2) is 28.1 Å². The lowest BCUT2D eigenvalue weighted by Crippen LogP contribution is -2.24. The standard InChI is InChI=1S/C14H22N4O2/c1-3-8-15-14(20)11-9-12(18(2)17-11)16-13(19)10-6-4-5-7-10/h9-10H,3-8H2,1-2H3,(H,15,20)(H,16,19). The summed E-state index contributed by atoms with van der Waals surface area (Å²) >= 11 is 0. The van der Waals surface area contributed by atoms with Gasteiger partial charge in [-0.2, -0.15) is 5.10 Å². The van der Waals surface area contributed by atoms with Gasteiger partial charge >= 0.3 is 0 Å². The van der Waals surface area contributed by atoms with Gasteiger partial charge < -0.3 is 10.6 Å². The van der Waals surface area contributed by atoms with Gasteiger partial charge in [0.2, 0.25) is 5.91 Å². The van der Waals surface area contributed by atoms with E-state index < -0.39 is 0 Å². The maximum Gasteiger partial charge on any atom is 0.271 e. The molecule has 1 aromatic heterocycles. The third kappa shape index (κ3) is 3.37. The Morgan fingerprint density at radius 2 is 2.10 bits per heavy atom. The minimum Gasteiger partial charge on any atom is -0.351 e. The zero-order chi connectivity index (χ0) is 14.5. The maximum absolute atomic E-state index is 12.1. The van der Waals surface area contributed by atoms with Crippen LogP contribution in [0.1, 0.15) is 49.5 Å². The predicted octanol–water partition coefficient (Wildman–Crippen LogP) is 1.69. The van der Waals surface area contributed by atoms with E-state index in [0.717, 1.165) is 32.1 Å². The van der Waals surface area contributed by atoms with Crippen molar-refractivity contribution >= 4 is 17.6 Å². The molecule has 1 aliphatic carbocycles. The van der Waals surface area contributed by atoms with Gasteiger partial charge in [0.05, 0.1) is 0 Å². The van der Waals surface area contributed by atoms with E-state index >= 15 is 0 Å². The van der Waals surface area contributed by atoms with Crippen molar-refractivity contribution in [3.8, 4) is 0 Å². The van der Waals surface area contributed by atoms with Gasteiger partial charge in [-0.3, -0.25) is 14.3 Å². The van der Waals surface area contributed by atoms with Crippen molar-refractivity contribution in [1.82, 2.24) is 15.1 Å². The molecule has 1 heterocycles. The van der Waals surface area contributed by atoms with Crippen LogP contribution in [0.3, 0.4) is 0 Å². The van der Waals surface area contributed by atoms with Gasteiger partial charge in [-0.25, -0.2) is 0 Å². The first-order chi connectivity index (χ1) is 9.61. The van der Waals surface area contributed by atoms with E-state index in [0.29, 0.717) is 18.1 Å². The molecular formula is C14H22N4O2. The SMILES string of the molecule is CCCNC(=O)c1cc(NC(=O)C2CCCC2)n(C)n1. The average molecular weight is 278 g/mol. The lowest BCUT2D eigenvalue weighted by atomic mass is 10.1. The summed E-state index contributed by atoms with van der Waals surface area (Å²) in [4.78, 5) is 23.9. The number of carbonyl (C=O) groups is 2. The summed E-state index contributed by atoms with van der Waals surface area (Å²) in [6.07, 6.45) is 5.02. The molecule has 0 bridgehead atoms. The van der Waals surface area contributed by atoms with Crippen LogP contribution in [0.25, 0.3) is 0 Å². The highest BCUT2D eigenvalue weighted by Crippen LogP contribution is 2.26. The Labute approximate surface area is 118 Å². The van der Waals surface area contributed by atoms with Gasteiger partial charge in [-0.1, -0.05) is 19.8 Å². The summed E-state index contributed by atoms with van der Waals surface area (Å²) in [7, 11) is 1.72. The molecule has 0 aromatic carbocycles. The number of anilines is 1. The average Bonchev–Trinajstić information content (AvgIpc) is 3.06. The van der Waals surface area contributed by atoms with E-state index in [1.165, 1.54) is 4.68 Å². The molecule has 1 aliphatic rings. The monoisotopic (exact) mass is 278 g/mol. The molecule has 110 valence electrons. The van der Waals surface area contributed by atoms with Crippen LogP contribution in [0.15, 0.2) is 6.07 Å². The molecule has 6 heteroatoms. The number of carbonyl (C=O) groups excluding carboxylic acids is 2. The smallest absolute Gasteiger partial charge is 0.271 e. The highest BCUT2D eigenvalue weighted by Gasteiger charge is 2.24. The number of hydrogen-bond acceptors (Lipinski definition) is 3. The van der Waals surface area contributed by atoms with Crippen molar-refractivity contribution in [2.45, 2.75) is 39.0 Å². The number of nitrogens with one attached hydrogen (secondary N) is 2. The Hall–Kier alpha value is -1.85. The van der Waals surface area contributed by atoms with Crippen molar-refractivity contribution in [2.75, 3.05) is 11.9 Å². The normalized spacial score (nSPS) is 15.3. The van der Waals surface area contributed by atoms with Crippen LogP contribution in [-0.2, 0) is 11.8 Å². The number of aryl methyl sites for hydroxylation is 1. The molecule has 0 spiro atoms. The fourth-order valence-corrected chi connectivity index (χ4v) is 2.44. The molecule has 0 atom stereocenters. The summed E-state index contributed by atoms with van der Waals surface area (Å²) < 4.78 is 1.54. The van der Waals surface area contributed by atoms with Crippen molar-refractivity contribution in [3.63, 3.8) is 0 Å². The van der Waals surface area contributed by atoms with E-state index in [1.807, 2.05) is 6.92 Å². The molecule has 6 nitrogen and oxygen atoms in total. The van der Waals surface area contributed by atoms with Gasteiger partial charge in [-0.15, -0.1) is 0 Å². The zero-order valence-corrected chi connectivity index (χ0v) is 12.1. The second-order valence-electron chi connectivity index (χ2n) is 5.26. The van der Waals surface area contributed by atoms with Gasteiger partial charge in [0, 0.05) is 25.6 Å². The molecule has 0 radical (unpaired) electrons. The summed E-state index contributed by atoms with van der Waals surface area (Å²) in [6.45, 7) is 2.62. The number of aromatic nitrogens is 2. The van der Waals surface area contributed by atoms with E-state index in [2.05, 4.69) is 15.7 Å². The van der Waals surface area contributed by atoms with Gasteiger partial charge in [0.15, 0.2) is 5.69 Å². The van der Waals surface area contributed by atoms with Crippen LogP contribution in [0, 0.1) is 5.92 Å². The highest BCUT2D eigenvalue weighted by molar-refractivity contribution is 5.96. The van der Waals surface area contributed by atoms with Crippen LogP contribution < -0.4 is 10.6 Å². The maximum atomic E-state index is 12.1. The summed E-state index contributed by atoms with van der Waals surface area (Å²) in [5, 5.41) is 9.77. The minimum atomic E-state index is -0.205. The van der Waals surface area contributed by atoms with Crippen molar-refractivity contribution < 1.29 is 9.59 Å². The van der Waals surface area contributed by atoms with E-state index in [9.17, 15) is 9.59 Å². The Morgan fingerprint density at radius 3 is 2.75 bits per heavy atom. The summed E-state index contributed by atoms with van der Waals surface area (Å²) in [5.74, 6) is 0.501. The molecule has 0 saturated heterocycles. The Morgan fingerprint density at radius 1 is 1.40 bits per heavy atom. The minimum absolute atomic E-state index is 0.0333. The lowest BCUT2D eigenvalue weighted by molar-refractivity contribution is -0.119. The Bertz CT molecular complexity index is 489. The van der Waals surface area contributed by atoms with Crippen molar-refractivity contribution in [3.05, 3.63) is 11.8 Å². The highest BCUT2D eigenvalue weighted by atomic mass is 16.2. The Kier molecular flexibility index (Phi) is 4.76. The molecule has 1 saturated carbocycles. The third-order valence-electron chi connectivity index (χ3n) is 3.63. The fraction of sp³-hybridized carbons (Fsp3) is 0.643. The third-order valence-corrected chi connectivity index (χ3v) is 3.63. The number of amides is 2. The Balaban J connectivity index is 1.99. The number of nitrogens with zero attached hydrogens (tertiary/aromatic N) is 2. The van der Waals surface area contributed by atoms with E-state index in [1.54, 1.807) is 13.1 Å². The second kappa shape index (κ2) is 6.54. The molecule has 1 fully saturated rings. The van der Waals surface area contributed by atoms with Crippen LogP contribution >= 0.6 is 0 Å². The van der Waals surface area contributed by atoms with E-state index in [4.69, 9.17) is 0 Å². The molecule has 2 rings (SSSR count). The molecule has 1 aromatic rings. The van der Waals surface area contributed by atoms with Crippen LogP contribution in [0.5, 0.6) is 0 Å². The molecular weight excluding hydrogens is 256 g/mol. The van der Waals surface area contributed by atoms with Crippen molar-refractivity contribution in [1.29, 1.82) is 0 Å². The first-order valence-corrected chi connectivity index (χ1v) is 7.25. The lowest BCUT2D eigenvalue weighted by Gasteiger charge is -2.09. The number of hydrogen-bond donors (Lipinski definition) is 2. The fourth-order valence-electron chi connectivity index (χ4n) is 2.44. The topological polar surface area (TPSA) is 76.0 Å². The van der Waals surface area contributed by atoms with E-state index in [-0.39, 0.29) is 17.7 Å². The molecule has 0 aliphatic heterocycles. The molecule has 0 unspecified atom stereocenters. The van der Waals surface area contributed by atoms with Gasteiger partial charge in [0.25, 0.3) is 5.91 Å². The van der Waals surface area contributed by atoms with Gasteiger partial charge in [-0.05, 0) is 19.3 Å². The van der Waals surface area contributed by atoms with Gasteiger partial charge in [0.1, 0.15) is 5.82 Å². The quantitative estimate of drug-likeness (QED) is 0.860. The second-order valence-corrected chi connectivity index (χ2v) is 5.26. The predicted molar refractivity (Wildman–Crippen MR) is 76.4 cm³/mol. The first kappa shape index (κ1) is 14.6. The van der Waals surface area contributed by atoms with Crippen LogP contribution in [0.4, 0.5) is 5.82 Å². The number of rotatable bonds is 5. The summed E-state index contributed by atoms with van der Waals surface area (Å²) in [5.41, 5.74) is 0.336.